The Morgan fingerprint density at radius 1 is 0.886 bits per heavy atom. The molecule has 4 nitrogen and oxygen atoms in total. The van der Waals surface area contributed by atoms with Gasteiger partial charge in [-0.25, -0.2) is 4.39 Å². The van der Waals surface area contributed by atoms with Crippen molar-refractivity contribution in [3.8, 4) is 0 Å². The summed E-state index contributed by atoms with van der Waals surface area (Å²) in [5.41, 5.74) is 2.46. The van der Waals surface area contributed by atoms with Crippen molar-refractivity contribution in [2.75, 3.05) is 12.3 Å². The van der Waals surface area contributed by atoms with Gasteiger partial charge in [-0.3, -0.25) is 9.59 Å². The molecule has 35 heavy (non-hydrogen) atoms. The van der Waals surface area contributed by atoms with Crippen molar-refractivity contribution < 1.29 is 14.0 Å². The van der Waals surface area contributed by atoms with E-state index < -0.39 is 6.04 Å². The largest absolute Gasteiger partial charge is 0.354 e. The van der Waals surface area contributed by atoms with E-state index in [-0.39, 0.29) is 35.8 Å². The maximum Gasteiger partial charge on any atom is 0.243 e. The molecular weight excluding hydrogens is 459 g/mol. The van der Waals surface area contributed by atoms with E-state index in [2.05, 4.69) is 5.32 Å². The highest BCUT2D eigenvalue weighted by molar-refractivity contribution is 7.99. The smallest absolute Gasteiger partial charge is 0.243 e. The molecule has 0 aliphatic heterocycles. The first-order chi connectivity index (χ1) is 16.9. The first kappa shape index (κ1) is 26.5. The number of nitrogens with one attached hydrogen (secondary N) is 1. The molecule has 0 aromatic heterocycles. The van der Waals surface area contributed by atoms with Crippen molar-refractivity contribution in [1.82, 2.24) is 10.2 Å². The minimum atomic E-state index is -0.749. The van der Waals surface area contributed by atoms with Gasteiger partial charge in [-0.2, -0.15) is 0 Å². The second kappa shape index (κ2) is 13.7. The van der Waals surface area contributed by atoms with Crippen LogP contribution in [0.1, 0.15) is 30.5 Å². The van der Waals surface area contributed by atoms with Crippen molar-refractivity contribution in [2.45, 2.75) is 38.6 Å². The van der Waals surface area contributed by atoms with E-state index in [1.54, 1.807) is 23.1 Å². The van der Waals surface area contributed by atoms with Crippen LogP contribution in [0.4, 0.5) is 4.39 Å². The minimum absolute atomic E-state index is 0.0317. The topological polar surface area (TPSA) is 49.4 Å². The highest BCUT2D eigenvalue weighted by Crippen LogP contribution is 2.19. The number of hydrogen-bond donors (Lipinski definition) is 1. The molecule has 6 heteroatoms. The molecule has 3 aromatic carbocycles. The molecule has 0 unspecified atom stereocenters. The summed E-state index contributed by atoms with van der Waals surface area (Å²) in [7, 11) is 0. The molecule has 184 valence electrons. The Morgan fingerprint density at radius 2 is 1.49 bits per heavy atom. The molecule has 2 amide bonds. The van der Waals surface area contributed by atoms with E-state index in [1.165, 1.54) is 17.8 Å². The van der Waals surface area contributed by atoms with Gasteiger partial charge in [0.15, 0.2) is 0 Å². The number of carbonyl (C=O) groups is 2. The molecule has 0 aliphatic rings. The number of hydrogen-bond acceptors (Lipinski definition) is 3. The Kier molecular flexibility index (Phi) is 10.4. The quantitative estimate of drug-likeness (QED) is 0.365. The number of benzene rings is 3. The van der Waals surface area contributed by atoms with E-state index in [1.807, 2.05) is 74.5 Å². The van der Waals surface area contributed by atoms with Crippen LogP contribution < -0.4 is 5.32 Å². The van der Waals surface area contributed by atoms with E-state index >= 15 is 0 Å². The predicted molar refractivity (Wildman–Crippen MR) is 141 cm³/mol. The standard InChI is InChI=1S/C29H33FN2O2S/c1-22(2)18-31-29(34)27(17-23-11-5-3-6-12-23)32(19-25-15-9-10-16-26(25)30)28(33)21-35-20-24-13-7-4-8-14-24/h3-16,22,27H,17-21H2,1-2H3,(H,31,34)/t27-/m1/s1. The number of thioether (sulfide) groups is 1. The van der Waals surface area contributed by atoms with Gasteiger partial charge in [-0.1, -0.05) is 92.7 Å². The summed E-state index contributed by atoms with van der Waals surface area (Å²) < 4.78 is 14.6. The van der Waals surface area contributed by atoms with Crippen LogP contribution >= 0.6 is 11.8 Å². The molecule has 0 bridgehead atoms. The fourth-order valence-corrected chi connectivity index (χ4v) is 4.57. The lowest BCUT2D eigenvalue weighted by Gasteiger charge is -2.32. The van der Waals surface area contributed by atoms with Gasteiger partial charge in [0.25, 0.3) is 0 Å². The monoisotopic (exact) mass is 492 g/mol. The summed E-state index contributed by atoms with van der Waals surface area (Å²) in [4.78, 5) is 28.4. The molecule has 1 atom stereocenters. The van der Waals surface area contributed by atoms with E-state index in [0.29, 0.717) is 24.3 Å². The van der Waals surface area contributed by atoms with Crippen molar-refractivity contribution in [3.05, 3.63) is 107 Å². The number of halogens is 1. The maximum atomic E-state index is 14.6. The summed E-state index contributed by atoms with van der Waals surface area (Å²) in [5, 5.41) is 2.99. The lowest BCUT2D eigenvalue weighted by Crippen LogP contribution is -2.51. The predicted octanol–water partition coefficient (Wildman–Crippen LogP) is 5.47. The fraction of sp³-hybridized carbons (Fsp3) is 0.310. The van der Waals surface area contributed by atoms with Crippen LogP contribution in [-0.4, -0.2) is 35.1 Å². The third-order valence-electron chi connectivity index (χ3n) is 5.59. The third-order valence-corrected chi connectivity index (χ3v) is 6.58. The molecular formula is C29H33FN2O2S. The molecule has 0 aliphatic carbocycles. The van der Waals surface area contributed by atoms with Gasteiger partial charge in [0.1, 0.15) is 11.9 Å². The summed E-state index contributed by atoms with van der Waals surface area (Å²) in [6, 6.07) is 25.2. The Labute approximate surface area is 211 Å². The molecule has 0 spiro atoms. The molecule has 0 saturated carbocycles. The average Bonchev–Trinajstić information content (AvgIpc) is 2.87. The van der Waals surface area contributed by atoms with Crippen molar-refractivity contribution in [3.63, 3.8) is 0 Å². The molecule has 3 aromatic rings. The van der Waals surface area contributed by atoms with Gasteiger partial charge in [0.2, 0.25) is 11.8 Å². The lowest BCUT2D eigenvalue weighted by molar-refractivity contribution is -0.139. The summed E-state index contributed by atoms with van der Waals surface area (Å²) in [6.07, 6.45) is 0.355. The first-order valence-electron chi connectivity index (χ1n) is 11.9. The van der Waals surface area contributed by atoms with E-state index in [9.17, 15) is 14.0 Å². The number of nitrogens with zero attached hydrogens (tertiary/aromatic N) is 1. The fourth-order valence-electron chi connectivity index (χ4n) is 3.70. The van der Waals surface area contributed by atoms with E-state index in [4.69, 9.17) is 0 Å². The van der Waals surface area contributed by atoms with E-state index in [0.717, 1.165) is 11.1 Å². The lowest BCUT2D eigenvalue weighted by atomic mass is 10.0. The summed E-state index contributed by atoms with van der Waals surface area (Å²) in [5.74, 6) is 0.363. The number of rotatable bonds is 12. The highest BCUT2D eigenvalue weighted by Gasteiger charge is 2.30. The van der Waals surface area contributed by atoms with Crippen LogP contribution in [-0.2, 0) is 28.3 Å². The number of carbonyl (C=O) groups excluding carboxylic acids is 2. The molecule has 0 radical (unpaired) electrons. The normalized spacial score (nSPS) is 11.8. The average molecular weight is 493 g/mol. The SMILES string of the molecule is CC(C)CNC(=O)[C@@H](Cc1ccccc1)N(Cc1ccccc1F)C(=O)CSCc1ccccc1. The zero-order valence-electron chi connectivity index (χ0n) is 20.3. The van der Waals surface area contributed by atoms with Crippen molar-refractivity contribution in [2.24, 2.45) is 5.92 Å². The Morgan fingerprint density at radius 3 is 2.11 bits per heavy atom. The second-order valence-electron chi connectivity index (χ2n) is 8.94. The van der Waals surface area contributed by atoms with Gasteiger partial charge >= 0.3 is 0 Å². The van der Waals surface area contributed by atoms with Crippen LogP contribution in [0.25, 0.3) is 0 Å². The molecule has 0 heterocycles. The third kappa shape index (κ3) is 8.55. The van der Waals surface area contributed by atoms with Gasteiger partial charge in [-0.05, 0) is 23.1 Å². The summed E-state index contributed by atoms with van der Waals surface area (Å²) in [6.45, 7) is 4.59. The number of amides is 2. The molecule has 0 fully saturated rings. The summed E-state index contributed by atoms with van der Waals surface area (Å²) >= 11 is 1.49. The van der Waals surface area contributed by atoms with Crippen molar-refractivity contribution in [1.29, 1.82) is 0 Å². The van der Waals surface area contributed by atoms with Crippen LogP contribution in [0, 0.1) is 11.7 Å². The highest BCUT2D eigenvalue weighted by atomic mass is 32.2. The van der Waals surface area contributed by atoms with Gasteiger partial charge in [0, 0.05) is 30.8 Å². The van der Waals surface area contributed by atoms with Crippen LogP contribution in [0.5, 0.6) is 0 Å². The van der Waals surface area contributed by atoms with Crippen LogP contribution in [0.2, 0.25) is 0 Å². The van der Waals surface area contributed by atoms with Crippen LogP contribution in [0.15, 0.2) is 84.9 Å². The zero-order valence-corrected chi connectivity index (χ0v) is 21.1. The first-order valence-corrected chi connectivity index (χ1v) is 13.1. The van der Waals surface area contributed by atoms with Gasteiger partial charge in [-0.15, -0.1) is 11.8 Å². The Hall–Kier alpha value is -3.12. The Balaban J connectivity index is 1.85. The Bertz CT molecular complexity index is 1080. The molecule has 0 saturated heterocycles. The molecule has 3 rings (SSSR count). The van der Waals surface area contributed by atoms with Crippen LogP contribution in [0.3, 0.4) is 0 Å². The maximum absolute atomic E-state index is 14.6. The van der Waals surface area contributed by atoms with Gasteiger partial charge < -0.3 is 10.2 Å². The second-order valence-corrected chi connectivity index (χ2v) is 9.92. The molecule has 1 N–H and O–H groups in total. The van der Waals surface area contributed by atoms with Gasteiger partial charge in [0.05, 0.1) is 5.75 Å². The minimum Gasteiger partial charge on any atom is -0.354 e. The zero-order chi connectivity index (χ0) is 25.0. The van der Waals surface area contributed by atoms with Crippen molar-refractivity contribution >= 4 is 23.6 Å².